The second-order valence-corrected chi connectivity index (χ2v) is 6.66. The number of H-pyrrole nitrogens is 1. The van der Waals surface area contributed by atoms with Crippen LogP contribution in [0.2, 0.25) is 15.1 Å². The van der Waals surface area contributed by atoms with E-state index in [0.717, 1.165) is 16.1 Å². The molecule has 0 aliphatic rings. The van der Waals surface area contributed by atoms with Crippen molar-refractivity contribution in [2.45, 2.75) is 10.9 Å². The highest BCUT2D eigenvalue weighted by atomic mass is 35.5. The molecule has 1 heterocycles. The van der Waals surface area contributed by atoms with Gasteiger partial charge in [-0.05, 0) is 29.8 Å². The van der Waals surface area contributed by atoms with Crippen LogP contribution in [0, 0.1) is 0 Å². The van der Waals surface area contributed by atoms with E-state index in [1.165, 1.54) is 11.8 Å². The summed E-state index contributed by atoms with van der Waals surface area (Å²) >= 11 is 19.7. The zero-order chi connectivity index (χ0) is 15.5. The number of aromatic nitrogens is 3. The molecule has 0 aliphatic heterocycles. The number of thioether (sulfide) groups is 1. The molecule has 0 atom stereocenters. The first kappa shape index (κ1) is 15.7. The molecule has 22 heavy (non-hydrogen) atoms. The zero-order valence-electron chi connectivity index (χ0n) is 11.2. The first-order valence-corrected chi connectivity index (χ1v) is 8.49. The molecule has 3 nitrogen and oxygen atoms in total. The van der Waals surface area contributed by atoms with Gasteiger partial charge in [-0.3, -0.25) is 5.10 Å². The summed E-state index contributed by atoms with van der Waals surface area (Å²) in [5.74, 6) is 1.31. The molecule has 0 radical (unpaired) electrons. The highest BCUT2D eigenvalue weighted by molar-refractivity contribution is 7.98. The summed E-state index contributed by atoms with van der Waals surface area (Å²) in [7, 11) is 0. The molecule has 7 heteroatoms. The van der Waals surface area contributed by atoms with Crippen molar-refractivity contribution in [1.29, 1.82) is 0 Å². The minimum Gasteiger partial charge on any atom is -0.258 e. The Kier molecular flexibility index (Phi) is 4.93. The first-order valence-electron chi connectivity index (χ1n) is 6.37. The summed E-state index contributed by atoms with van der Waals surface area (Å²) in [6.07, 6.45) is 0. The summed E-state index contributed by atoms with van der Waals surface area (Å²) in [4.78, 5) is 4.44. The Balaban J connectivity index is 1.75. The van der Waals surface area contributed by atoms with Crippen LogP contribution in [0.5, 0.6) is 0 Å². The quantitative estimate of drug-likeness (QED) is 0.597. The number of halogens is 3. The lowest BCUT2D eigenvalue weighted by Gasteiger charge is -2.01. The summed E-state index contributed by atoms with van der Waals surface area (Å²) in [6, 6.07) is 13.0. The largest absolute Gasteiger partial charge is 0.258 e. The fourth-order valence-electron chi connectivity index (χ4n) is 1.87. The monoisotopic (exact) mass is 369 g/mol. The summed E-state index contributed by atoms with van der Waals surface area (Å²) in [5, 5.41) is 9.58. The van der Waals surface area contributed by atoms with E-state index < -0.39 is 0 Å². The van der Waals surface area contributed by atoms with Gasteiger partial charge in [0, 0.05) is 21.4 Å². The maximum Gasteiger partial charge on any atom is 0.209 e. The molecule has 3 aromatic rings. The minimum absolute atomic E-state index is 0.534. The molecule has 0 saturated heterocycles. The van der Waals surface area contributed by atoms with Gasteiger partial charge in [-0.15, -0.1) is 5.10 Å². The number of nitrogens with one attached hydrogen (secondary N) is 1. The summed E-state index contributed by atoms with van der Waals surface area (Å²) < 4.78 is 0. The smallest absolute Gasteiger partial charge is 0.209 e. The molecule has 1 aromatic heterocycles. The van der Waals surface area contributed by atoms with Crippen LogP contribution in [0.3, 0.4) is 0 Å². The standard InChI is InChI=1S/C15H10Cl3N3S/c16-10-5-6-11(13(18)7-10)14-19-15(21-20-14)22-8-9-3-1-2-4-12(9)17/h1-7H,8H2,(H,19,20,21). The van der Waals surface area contributed by atoms with E-state index in [9.17, 15) is 0 Å². The molecule has 112 valence electrons. The van der Waals surface area contributed by atoms with Crippen molar-refractivity contribution < 1.29 is 0 Å². The minimum atomic E-state index is 0.534. The third-order valence-electron chi connectivity index (χ3n) is 2.97. The Morgan fingerprint density at radius 3 is 2.59 bits per heavy atom. The van der Waals surface area contributed by atoms with E-state index in [1.807, 2.05) is 30.3 Å². The molecule has 0 amide bonds. The topological polar surface area (TPSA) is 41.6 Å². The van der Waals surface area contributed by atoms with E-state index in [2.05, 4.69) is 15.2 Å². The molecule has 0 unspecified atom stereocenters. The normalized spacial score (nSPS) is 10.9. The van der Waals surface area contributed by atoms with Crippen LogP contribution in [0.15, 0.2) is 47.6 Å². The highest BCUT2D eigenvalue weighted by Gasteiger charge is 2.10. The van der Waals surface area contributed by atoms with Crippen molar-refractivity contribution >= 4 is 46.6 Å². The number of rotatable bonds is 4. The molecule has 1 N–H and O–H groups in total. The second-order valence-electron chi connectivity index (χ2n) is 4.47. The van der Waals surface area contributed by atoms with Crippen LogP contribution in [0.1, 0.15) is 5.56 Å². The van der Waals surface area contributed by atoms with Gasteiger partial charge >= 0.3 is 0 Å². The molecule has 0 fully saturated rings. The maximum absolute atomic E-state index is 6.17. The number of hydrogen-bond donors (Lipinski definition) is 1. The van der Waals surface area contributed by atoms with Crippen molar-refractivity contribution in [3.63, 3.8) is 0 Å². The van der Waals surface area contributed by atoms with Gasteiger partial charge in [0.15, 0.2) is 5.82 Å². The molecular formula is C15H10Cl3N3S. The number of hydrogen-bond acceptors (Lipinski definition) is 3. The van der Waals surface area contributed by atoms with E-state index in [4.69, 9.17) is 34.8 Å². The fraction of sp³-hybridized carbons (Fsp3) is 0.0667. The predicted molar refractivity (Wildman–Crippen MR) is 92.9 cm³/mol. The maximum atomic E-state index is 6.17. The van der Waals surface area contributed by atoms with E-state index >= 15 is 0 Å². The average Bonchev–Trinajstić information content (AvgIpc) is 2.95. The Morgan fingerprint density at radius 1 is 1.00 bits per heavy atom. The molecule has 0 aliphatic carbocycles. The van der Waals surface area contributed by atoms with Crippen LogP contribution in [-0.4, -0.2) is 15.2 Å². The number of benzene rings is 2. The van der Waals surface area contributed by atoms with E-state index in [1.54, 1.807) is 12.1 Å². The molecule has 0 bridgehead atoms. The van der Waals surface area contributed by atoms with Gasteiger partial charge in [-0.25, -0.2) is 4.98 Å². The molecule has 2 aromatic carbocycles. The van der Waals surface area contributed by atoms with Gasteiger partial charge in [-0.1, -0.05) is 64.8 Å². The van der Waals surface area contributed by atoms with Gasteiger partial charge in [0.05, 0.1) is 5.02 Å². The average molecular weight is 371 g/mol. The van der Waals surface area contributed by atoms with Gasteiger partial charge in [0.1, 0.15) is 0 Å². The van der Waals surface area contributed by atoms with Crippen LogP contribution in [-0.2, 0) is 5.75 Å². The zero-order valence-corrected chi connectivity index (χ0v) is 14.3. The molecule has 3 rings (SSSR count). The SMILES string of the molecule is Clc1ccc(-c2nc(SCc3ccccc3Cl)n[nH]2)c(Cl)c1. The van der Waals surface area contributed by atoms with Gasteiger partial charge in [0.2, 0.25) is 5.16 Å². The van der Waals surface area contributed by atoms with E-state index in [0.29, 0.717) is 26.8 Å². The van der Waals surface area contributed by atoms with Crippen molar-refractivity contribution in [1.82, 2.24) is 15.2 Å². The summed E-state index contributed by atoms with van der Waals surface area (Å²) in [5.41, 5.74) is 1.81. The molecule has 0 spiro atoms. The van der Waals surface area contributed by atoms with Crippen LogP contribution in [0.25, 0.3) is 11.4 Å². The third kappa shape index (κ3) is 3.58. The van der Waals surface area contributed by atoms with E-state index in [-0.39, 0.29) is 0 Å². The lowest BCUT2D eigenvalue weighted by Crippen LogP contribution is -1.84. The van der Waals surface area contributed by atoms with Crippen molar-refractivity contribution in [2.24, 2.45) is 0 Å². The molecule has 0 saturated carbocycles. The van der Waals surface area contributed by atoms with Crippen LogP contribution in [0.4, 0.5) is 0 Å². The Morgan fingerprint density at radius 2 is 1.82 bits per heavy atom. The number of nitrogens with zero attached hydrogens (tertiary/aromatic N) is 2. The van der Waals surface area contributed by atoms with Crippen LogP contribution < -0.4 is 0 Å². The first-order chi connectivity index (χ1) is 10.6. The predicted octanol–water partition coefficient (Wildman–Crippen LogP) is 5.72. The fourth-order valence-corrected chi connectivity index (χ4v) is 3.45. The van der Waals surface area contributed by atoms with Gasteiger partial charge < -0.3 is 0 Å². The number of aromatic amines is 1. The Labute approximate surface area is 147 Å². The third-order valence-corrected chi connectivity index (χ3v) is 4.78. The molecular weight excluding hydrogens is 361 g/mol. The highest BCUT2D eigenvalue weighted by Crippen LogP contribution is 2.30. The van der Waals surface area contributed by atoms with Crippen molar-refractivity contribution in [3.05, 3.63) is 63.1 Å². The van der Waals surface area contributed by atoms with Crippen LogP contribution >= 0.6 is 46.6 Å². The lowest BCUT2D eigenvalue weighted by atomic mass is 10.2. The van der Waals surface area contributed by atoms with Gasteiger partial charge in [-0.2, -0.15) is 0 Å². The second kappa shape index (κ2) is 6.92. The Bertz CT molecular complexity index is 804. The Hall–Kier alpha value is -1.20. The van der Waals surface area contributed by atoms with Crippen molar-refractivity contribution in [3.8, 4) is 11.4 Å². The summed E-state index contributed by atoms with van der Waals surface area (Å²) in [6.45, 7) is 0. The van der Waals surface area contributed by atoms with Crippen molar-refractivity contribution in [2.75, 3.05) is 0 Å². The lowest BCUT2D eigenvalue weighted by molar-refractivity contribution is 0.973. The van der Waals surface area contributed by atoms with Gasteiger partial charge in [0.25, 0.3) is 0 Å².